The van der Waals surface area contributed by atoms with Gasteiger partial charge in [-0.2, -0.15) is 0 Å². The number of ether oxygens (including phenoxy) is 2. The zero-order valence-electron chi connectivity index (χ0n) is 12.3. The van der Waals surface area contributed by atoms with Crippen LogP contribution in [-0.2, 0) is 9.53 Å². The molecule has 2 rings (SSSR count). The minimum atomic E-state index is -0.0682. The van der Waals surface area contributed by atoms with Crippen LogP contribution in [0.1, 0.15) is 19.3 Å². The highest BCUT2D eigenvalue weighted by atomic mass is 35.5. The van der Waals surface area contributed by atoms with Gasteiger partial charge in [-0.05, 0) is 43.7 Å². The van der Waals surface area contributed by atoms with Crippen LogP contribution in [-0.4, -0.2) is 38.8 Å². The van der Waals surface area contributed by atoms with Gasteiger partial charge < -0.3 is 20.1 Å². The number of hydrogen-bond donors (Lipinski definition) is 2. The van der Waals surface area contributed by atoms with Crippen molar-refractivity contribution in [1.82, 2.24) is 5.32 Å². The molecule has 1 heterocycles. The van der Waals surface area contributed by atoms with Gasteiger partial charge in [0.05, 0.1) is 12.6 Å². The summed E-state index contributed by atoms with van der Waals surface area (Å²) in [6, 6.07) is 7.33. The molecule has 1 aliphatic rings. The second-order valence-corrected chi connectivity index (χ2v) is 4.86. The van der Waals surface area contributed by atoms with E-state index < -0.39 is 0 Å². The molecule has 1 fully saturated rings. The van der Waals surface area contributed by atoms with Crippen molar-refractivity contribution in [1.29, 1.82) is 0 Å². The number of nitrogens with one attached hydrogen (secondary N) is 2. The molecule has 0 aliphatic carbocycles. The molecule has 0 bridgehead atoms. The van der Waals surface area contributed by atoms with Gasteiger partial charge in [0, 0.05) is 12.8 Å². The van der Waals surface area contributed by atoms with Crippen LogP contribution in [0.4, 0.5) is 5.69 Å². The van der Waals surface area contributed by atoms with Crippen LogP contribution in [0.3, 0.4) is 0 Å². The lowest BCUT2D eigenvalue weighted by molar-refractivity contribution is -0.118. The molecule has 1 aliphatic heterocycles. The van der Waals surface area contributed by atoms with Gasteiger partial charge in [0.15, 0.2) is 0 Å². The van der Waals surface area contributed by atoms with E-state index in [1.54, 1.807) is 7.11 Å². The SMILES string of the molecule is COCCOc1ccc(NC(=O)[C@@H]2CCCCN2)cc1.Cl. The number of halogens is 1. The minimum absolute atomic E-state index is 0. The number of rotatable bonds is 6. The molecular formula is C15H23ClN2O3. The predicted molar refractivity (Wildman–Crippen MR) is 85.3 cm³/mol. The van der Waals surface area contributed by atoms with Crippen LogP contribution in [0, 0.1) is 0 Å². The molecule has 0 spiro atoms. The number of carbonyl (C=O) groups excluding carboxylic acids is 1. The molecule has 0 radical (unpaired) electrons. The fraction of sp³-hybridized carbons (Fsp3) is 0.533. The van der Waals surface area contributed by atoms with E-state index in [-0.39, 0.29) is 24.4 Å². The van der Waals surface area contributed by atoms with Crippen LogP contribution < -0.4 is 15.4 Å². The van der Waals surface area contributed by atoms with Gasteiger partial charge in [-0.3, -0.25) is 4.79 Å². The van der Waals surface area contributed by atoms with E-state index >= 15 is 0 Å². The second-order valence-electron chi connectivity index (χ2n) is 4.86. The fourth-order valence-electron chi connectivity index (χ4n) is 2.18. The first-order valence-corrected chi connectivity index (χ1v) is 7.05. The van der Waals surface area contributed by atoms with Gasteiger partial charge in [-0.25, -0.2) is 0 Å². The Bertz CT molecular complexity index is 419. The molecule has 1 aromatic rings. The quantitative estimate of drug-likeness (QED) is 0.790. The largest absolute Gasteiger partial charge is 0.491 e. The first-order chi connectivity index (χ1) is 9.79. The lowest BCUT2D eigenvalue weighted by atomic mass is 10.0. The number of amides is 1. The van der Waals surface area contributed by atoms with E-state index in [1.807, 2.05) is 24.3 Å². The third kappa shape index (κ3) is 5.91. The van der Waals surface area contributed by atoms with Crippen LogP contribution in [0.25, 0.3) is 0 Å². The molecular weight excluding hydrogens is 292 g/mol. The van der Waals surface area contributed by atoms with Gasteiger partial charge in [-0.15, -0.1) is 12.4 Å². The summed E-state index contributed by atoms with van der Waals surface area (Å²) in [5.41, 5.74) is 0.793. The van der Waals surface area contributed by atoms with Crippen LogP contribution in [0.15, 0.2) is 24.3 Å². The average Bonchev–Trinajstić information content (AvgIpc) is 2.50. The van der Waals surface area contributed by atoms with Crippen LogP contribution in [0.5, 0.6) is 5.75 Å². The Hall–Kier alpha value is -1.30. The molecule has 0 aromatic heterocycles. The van der Waals surface area contributed by atoms with Gasteiger partial charge in [0.1, 0.15) is 12.4 Å². The third-order valence-corrected chi connectivity index (χ3v) is 3.30. The van der Waals surface area contributed by atoms with Gasteiger partial charge in [-0.1, -0.05) is 6.42 Å². The van der Waals surface area contributed by atoms with Crippen molar-refractivity contribution >= 4 is 24.0 Å². The monoisotopic (exact) mass is 314 g/mol. The Morgan fingerprint density at radius 1 is 1.29 bits per heavy atom. The summed E-state index contributed by atoms with van der Waals surface area (Å²) in [4.78, 5) is 12.0. The van der Waals surface area contributed by atoms with E-state index in [4.69, 9.17) is 9.47 Å². The van der Waals surface area contributed by atoms with Gasteiger partial charge in [0.25, 0.3) is 0 Å². The first kappa shape index (κ1) is 17.8. The number of methoxy groups -OCH3 is 1. The summed E-state index contributed by atoms with van der Waals surface area (Å²) < 4.78 is 10.4. The van der Waals surface area contributed by atoms with Crippen molar-refractivity contribution in [3.63, 3.8) is 0 Å². The smallest absolute Gasteiger partial charge is 0.241 e. The average molecular weight is 315 g/mol. The second kappa shape index (κ2) is 9.60. The maximum atomic E-state index is 12.0. The first-order valence-electron chi connectivity index (χ1n) is 7.05. The topological polar surface area (TPSA) is 59.6 Å². The molecule has 1 saturated heterocycles. The molecule has 118 valence electrons. The molecule has 1 amide bonds. The highest BCUT2D eigenvalue weighted by Gasteiger charge is 2.20. The van der Waals surface area contributed by atoms with Crippen molar-refractivity contribution in [3.05, 3.63) is 24.3 Å². The molecule has 21 heavy (non-hydrogen) atoms. The normalized spacial score (nSPS) is 17.7. The van der Waals surface area contributed by atoms with Crippen LogP contribution in [0.2, 0.25) is 0 Å². The van der Waals surface area contributed by atoms with E-state index in [1.165, 1.54) is 0 Å². The maximum Gasteiger partial charge on any atom is 0.241 e. The standard InChI is InChI=1S/C15H22N2O3.ClH/c1-19-10-11-20-13-7-5-12(6-8-13)17-15(18)14-4-2-3-9-16-14;/h5-8,14,16H,2-4,9-11H2,1H3,(H,17,18);1H/t14-;/m0./s1. The van der Waals surface area contributed by atoms with Crippen molar-refractivity contribution in [3.8, 4) is 5.75 Å². The lowest BCUT2D eigenvalue weighted by Crippen LogP contribution is -2.43. The van der Waals surface area contributed by atoms with Crippen molar-refractivity contribution in [2.45, 2.75) is 25.3 Å². The lowest BCUT2D eigenvalue weighted by Gasteiger charge is -2.22. The maximum absolute atomic E-state index is 12.0. The van der Waals surface area contributed by atoms with E-state index in [2.05, 4.69) is 10.6 Å². The third-order valence-electron chi connectivity index (χ3n) is 3.30. The molecule has 1 atom stereocenters. The highest BCUT2D eigenvalue weighted by Crippen LogP contribution is 2.16. The van der Waals surface area contributed by atoms with E-state index in [9.17, 15) is 4.79 Å². The number of piperidine rings is 1. The Morgan fingerprint density at radius 3 is 2.67 bits per heavy atom. The summed E-state index contributed by atoms with van der Waals surface area (Å²) >= 11 is 0. The Balaban J connectivity index is 0.00000220. The fourth-order valence-corrected chi connectivity index (χ4v) is 2.18. The number of carbonyl (C=O) groups is 1. The van der Waals surface area contributed by atoms with Crippen molar-refractivity contribution < 1.29 is 14.3 Å². The van der Waals surface area contributed by atoms with Gasteiger partial charge in [0.2, 0.25) is 5.91 Å². The van der Waals surface area contributed by atoms with Crippen molar-refractivity contribution in [2.24, 2.45) is 0 Å². The Morgan fingerprint density at radius 2 is 2.05 bits per heavy atom. The molecule has 6 heteroatoms. The zero-order valence-corrected chi connectivity index (χ0v) is 13.1. The molecule has 0 saturated carbocycles. The zero-order chi connectivity index (χ0) is 14.2. The van der Waals surface area contributed by atoms with Crippen molar-refractivity contribution in [2.75, 3.05) is 32.2 Å². The Labute approximate surface area is 131 Å². The molecule has 2 N–H and O–H groups in total. The number of benzene rings is 1. The molecule has 5 nitrogen and oxygen atoms in total. The highest BCUT2D eigenvalue weighted by molar-refractivity contribution is 5.94. The minimum Gasteiger partial charge on any atom is -0.491 e. The predicted octanol–water partition coefficient (Wildman–Crippen LogP) is 2.21. The van der Waals surface area contributed by atoms with Gasteiger partial charge >= 0.3 is 0 Å². The molecule has 1 aromatic carbocycles. The summed E-state index contributed by atoms with van der Waals surface area (Å²) in [6.45, 7) is 2.00. The summed E-state index contributed by atoms with van der Waals surface area (Å²) in [6.07, 6.45) is 3.17. The number of anilines is 1. The van der Waals surface area contributed by atoms with E-state index in [0.29, 0.717) is 13.2 Å². The summed E-state index contributed by atoms with van der Waals surface area (Å²) in [5, 5.41) is 6.16. The Kier molecular flexibility index (Phi) is 8.12. The molecule has 0 unspecified atom stereocenters. The van der Waals surface area contributed by atoms with E-state index in [0.717, 1.165) is 37.2 Å². The summed E-state index contributed by atoms with van der Waals surface area (Å²) in [7, 11) is 1.64. The van der Waals surface area contributed by atoms with Crippen LogP contribution >= 0.6 is 12.4 Å². The number of hydrogen-bond acceptors (Lipinski definition) is 4. The summed E-state index contributed by atoms with van der Waals surface area (Å²) in [5.74, 6) is 0.814.